The fourth-order valence-electron chi connectivity index (χ4n) is 11.3. The van der Waals surface area contributed by atoms with Crippen molar-refractivity contribution in [3.8, 4) is 77.9 Å². The lowest BCUT2D eigenvalue weighted by Gasteiger charge is -2.28. The maximum atomic E-state index is 2.50. The fraction of sp³-hybridized carbons (Fsp3) is 0.0278. The summed E-state index contributed by atoms with van der Waals surface area (Å²) in [6, 6.07) is 102. The molecule has 0 radical (unpaired) electrons. The van der Waals surface area contributed by atoms with Crippen LogP contribution >= 0.6 is 0 Å². The normalized spacial score (nSPS) is 14.4. The van der Waals surface area contributed by atoms with Crippen LogP contribution in [0.3, 0.4) is 0 Å². The third kappa shape index (κ3) is 8.43. The van der Waals surface area contributed by atoms with Gasteiger partial charge in [0.2, 0.25) is 0 Å². The molecule has 2 aliphatic rings. The SMILES string of the molecule is C1=CC2c3cc(-c4ccc(-c5ccc(-c6ccc(N(c7ccccc7)c7ccc(-c8ccccc8)cc7)cc6-c6ccccc6)c(-c6ccccc6)c5)cc4-c4ccccc4)ccc3N(c3ccccc3)C2C=C1. The lowest BCUT2D eigenvalue weighted by Crippen LogP contribution is -2.28. The average Bonchev–Trinajstić information content (AvgIpc) is 3.82. The van der Waals surface area contributed by atoms with Crippen LogP contribution in [0, 0.1) is 0 Å². The number of para-hydroxylation sites is 2. The van der Waals surface area contributed by atoms with E-state index < -0.39 is 0 Å². The van der Waals surface area contributed by atoms with E-state index in [4.69, 9.17) is 0 Å². The molecule has 11 aromatic carbocycles. The third-order valence-electron chi connectivity index (χ3n) is 14.8. The van der Waals surface area contributed by atoms with Crippen molar-refractivity contribution in [1.29, 1.82) is 0 Å². The molecule has 350 valence electrons. The van der Waals surface area contributed by atoms with E-state index in [2.05, 4.69) is 313 Å². The van der Waals surface area contributed by atoms with Crippen LogP contribution in [0.5, 0.6) is 0 Å². The lowest BCUT2D eigenvalue weighted by molar-refractivity contribution is 0.745. The summed E-state index contributed by atoms with van der Waals surface area (Å²) in [5, 5.41) is 0. The van der Waals surface area contributed by atoms with Gasteiger partial charge in [0.1, 0.15) is 0 Å². The third-order valence-corrected chi connectivity index (χ3v) is 14.8. The Kier molecular flexibility index (Phi) is 11.8. The first-order valence-electron chi connectivity index (χ1n) is 25.7. The summed E-state index contributed by atoms with van der Waals surface area (Å²) < 4.78 is 0. The van der Waals surface area contributed by atoms with Crippen molar-refractivity contribution in [2.24, 2.45) is 0 Å². The van der Waals surface area contributed by atoms with E-state index in [0.717, 1.165) is 33.8 Å². The smallest absolute Gasteiger partial charge is 0.0629 e. The number of nitrogens with zero attached hydrogens (tertiary/aromatic N) is 2. The van der Waals surface area contributed by atoms with Crippen molar-refractivity contribution < 1.29 is 0 Å². The summed E-state index contributed by atoms with van der Waals surface area (Å²) in [5.74, 6) is 0.267. The highest BCUT2D eigenvalue weighted by atomic mass is 15.2. The molecule has 2 nitrogen and oxygen atoms in total. The van der Waals surface area contributed by atoms with Crippen LogP contribution < -0.4 is 9.80 Å². The molecule has 74 heavy (non-hydrogen) atoms. The molecule has 0 saturated carbocycles. The van der Waals surface area contributed by atoms with E-state index in [-0.39, 0.29) is 12.0 Å². The topological polar surface area (TPSA) is 6.48 Å². The van der Waals surface area contributed by atoms with Gasteiger partial charge in [0.05, 0.1) is 6.04 Å². The second-order valence-electron chi connectivity index (χ2n) is 19.2. The molecule has 2 atom stereocenters. The Hall–Kier alpha value is -9.50. The maximum Gasteiger partial charge on any atom is 0.0629 e. The monoisotopic (exact) mass is 944 g/mol. The molecule has 1 aliphatic carbocycles. The van der Waals surface area contributed by atoms with E-state index in [1.54, 1.807) is 0 Å². The summed E-state index contributed by atoms with van der Waals surface area (Å²) in [4.78, 5) is 4.87. The van der Waals surface area contributed by atoms with Crippen molar-refractivity contribution in [2.45, 2.75) is 12.0 Å². The summed E-state index contributed by atoms with van der Waals surface area (Å²) in [5.41, 5.74) is 23.7. The highest BCUT2D eigenvalue weighted by molar-refractivity contribution is 5.97. The van der Waals surface area contributed by atoms with Gasteiger partial charge in [-0.1, -0.05) is 231 Å². The fourth-order valence-corrected chi connectivity index (χ4v) is 11.3. The Balaban J connectivity index is 0.926. The number of hydrogen-bond donors (Lipinski definition) is 0. The van der Waals surface area contributed by atoms with E-state index in [0.29, 0.717) is 0 Å². The van der Waals surface area contributed by atoms with Crippen LogP contribution in [0.4, 0.5) is 28.4 Å². The van der Waals surface area contributed by atoms with Gasteiger partial charge in [0.15, 0.2) is 0 Å². The Bertz CT molecular complexity index is 3810. The molecule has 0 fully saturated rings. The molecular weight excluding hydrogens is 893 g/mol. The van der Waals surface area contributed by atoms with Gasteiger partial charge in [-0.15, -0.1) is 0 Å². The maximum absolute atomic E-state index is 2.50. The minimum atomic E-state index is 0.236. The molecule has 11 aromatic rings. The predicted octanol–water partition coefficient (Wildman–Crippen LogP) is 19.6. The van der Waals surface area contributed by atoms with E-state index in [1.807, 2.05) is 0 Å². The minimum absolute atomic E-state index is 0.236. The number of hydrogen-bond acceptors (Lipinski definition) is 2. The van der Waals surface area contributed by atoms with Crippen LogP contribution in [-0.2, 0) is 0 Å². The second kappa shape index (κ2) is 19.6. The first-order valence-corrected chi connectivity index (χ1v) is 25.7. The molecule has 1 aliphatic heterocycles. The zero-order valence-electron chi connectivity index (χ0n) is 40.9. The first-order chi connectivity index (χ1) is 36.7. The highest BCUT2D eigenvalue weighted by Crippen LogP contribution is 2.50. The van der Waals surface area contributed by atoms with Crippen LogP contribution in [0.15, 0.2) is 303 Å². The predicted molar refractivity (Wildman–Crippen MR) is 313 cm³/mol. The number of rotatable bonds is 11. The minimum Gasteiger partial charge on any atom is -0.333 e. The molecular formula is C72H52N2. The van der Waals surface area contributed by atoms with Gasteiger partial charge in [0, 0.05) is 34.4 Å². The zero-order valence-corrected chi connectivity index (χ0v) is 40.9. The van der Waals surface area contributed by atoms with Crippen LogP contribution in [0.1, 0.15) is 11.5 Å². The van der Waals surface area contributed by atoms with Gasteiger partial charge in [-0.3, -0.25) is 0 Å². The Morgan fingerprint density at radius 2 is 0.689 bits per heavy atom. The van der Waals surface area contributed by atoms with Crippen LogP contribution in [0.2, 0.25) is 0 Å². The van der Waals surface area contributed by atoms with E-state index in [9.17, 15) is 0 Å². The van der Waals surface area contributed by atoms with Gasteiger partial charge in [-0.2, -0.15) is 0 Å². The summed E-state index contributed by atoms with van der Waals surface area (Å²) in [7, 11) is 0. The van der Waals surface area contributed by atoms with Gasteiger partial charge in [-0.05, 0) is 156 Å². The molecule has 0 bridgehead atoms. The van der Waals surface area contributed by atoms with Gasteiger partial charge >= 0.3 is 0 Å². The summed E-state index contributed by atoms with van der Waals surface area (Å²) in [6.07, 6.45) is 9.11. The molecule has 2 unspecified atom stereocenters. The molecule has 0 N–H and O–H groups in total. The molecule has 13 rings (SSSR count). The van der Waals surface area contributed by atoms with Crippen molar-refractivity contribution in [3.63, 3.8) is 0 Å². The summed E-state index contributed by atoms with van der Waals surface area (Å²) in [6.45, 7) is 0. The largest absolute Gasteiger partial charge is 0.333 e. The zero-order chi connectivity index (χ0) is 49.2. The number of benzene rings is 11. The molecule has 0 spiro atoms. The molecule has 0 amide bonds. The Labute approximate surface area is 434 Å². The Morgan fingerprint density at radius 3 is 1.28 bits per heavy atom. The average molecular weight is 945 g/mol. The molecule has 0 saturated heterocycles. The first kappa shape index (κ1) is 44.4. The van der Waals surface area contributed by atoms with Crippen LogP contribution in [0.25, 0.3) is 77.9 Å². The van der Waals surface area contributed by atoms with Gasteiger partial charge in [-0.25, -0.2) is 0 Å². The highest BCUT2D eigenvalue weighted by Gasteiger charge is 2.37. The quantitative estimate of drug-likeness (QED) is 0.127. The number of allylic oxidation sites excluding steroid dienone is 2. The molecule has 0 aromatic heterocycles. The van der Waals surface area contributed by atoms with Crippen molar-refractivity contribution in [2.75, 3.05) is 9.80 Å². The van der Waals surface area contributed by atoms with E-state index >= 15 is 0 Å². The second-order valence-corrected chi connectivity index (χ2v) is 19.2. The molecule has 1 heterocycles. The van der Waals surface area contributed by atoms with Crippen LogP contribution in [-0.4, -0.2) is 6.04 Å². The van der Waals surface area contributed by atoms with Crippen molar-refractivity contribution >= 4 is 28.4 Å². The molecule has 2 heteroatoms. The summed E-state index contributed by atoms with van der Waals surface area (Å²) >= 11 is 0. The van der Waals surface area contributed by atoms with Gasteiger partial charge in [0.25, 0.3) is 0 Å². The Morgan fingerprint density at radius 1 is 0.270 bits per heavy atom. The lowest BCUT2D eigenvalue weighted by atomic mass is 9.85. The van der Waals surface area contributed by atoms with Gasteiger partial charge < -0.3 is 9.80 Å². The van der Waals surface area contributed by atoms with Crippen molar-refractivity contribution in [1.82, 2.24) is 0 Å². The standard InChI is InChI=1S/C72H52N2/c1-7-21-51(22-8-1)52-35-40-61(41-36-52)73(59-29-15-5-16-30-59)62-42-45-65(69(50-62)55-27-13-4-14-28-55)64-44-38-57(48-68(64)54-25-11-3-12-26-54)56-37-43-63(67(47-56)53-23-9-2-10-24-53)58-39-46-72-70(49-58)66-33-19-20-34-71(66)74(72)60-31-17-6-18-32-60/h1-50,66,71H. The van der Waals surface area contributed by atoms with Crippen molar-refractivity contribution in [3.05, 3.63) is 309 Å². The number of fused-ring (bicyclic) bond motifs is 3. The van der Waals surface area contributed by atoms with E-state index in [1.165, 1.54) is 78.1 Å². The number of anilines is 5.